The van der Waals surface area contributed by atoms with Crippen molar-refractivity contribution in [3.63, 3.8) is 0 Å². The van der Waals surface area contributed by atoms with Crippen molar-refractivity contribution in [1.29, 1.82) is 0 Å². The number of unbranched alkanes of at least 4 members (excludes halogenated alkanes) is 1. The molecule has 0 bridgehead atoms. The predicted molar refractivity (Wildman–Crippen MR) is 116 cm³/mol. The maximum Gasteiger partial charge on any atom is 0.306 e. The van der Waals surface area contributed by atoms with Gasteiger partial charge >= 0.3 is 5.97 Å². The van der Waals surface area contributed by atoms with Crippen molar-refractivity contribution >= 4 is 20.1 Å². The van der Waals surface area contributed by atoms with E-state index in [0.29, 0.717) is 18.8 Å². The highest BCUT2D eigenvalue weighted by molar-refractivity contribution is 6.74. The number of rotatable bonds is 9. The molecule has 0 aromatic rings. The average Bonchev–Trinajstić information content (AvgIpc) is 3.03. The van der Waals surface area contributed by atoms with Gasteiger partial charge in [-0.25, -0.2) is 0 Å². The number of fused-ring (bicyclic) bond motifs is 1. The molecule has 2 aliphatic rings. The van der Waals surface area contributed by atoms with Crippen LogP contribution >= 0.6 is 0 Å². The summed E-state index contributed by atoms with van der Waals surface area (Å²) in [5.74, 6) is 0.995. The van der Waals surface area contributed by atoms with E-state index in [9.17, 15) is 9.59 Å². The number of ether oxygens (including phenoxy) is 1. The van der Waals surface area contributed by atoms with Gasteiger partial charge in [-0.15, -0.1) is 0 Å². The quantitative estimate of drug-likeness (QED) is 0.213. The maximum absolute atomic E-state index is 12.3. The molecule has 1 saturated heterocycles. The van der Waals surface area contributed by atoms with Gasteiger partial charge in [-0.1, -0.05) is 53.5 Å². The molecule has 1 saturated carbocycles. The third kappa shape index (κ3) is 6.03. The number of allylic oxidation sites excluding steroid dienone is 1. The molecule has 0 N–H and O–H groups in total. The zero-order valence-electron chi connectivity index (χ0n) is 18.9. The van der Waals surface area contributed by atoms with E-state index in [1.54, 1.807) is 6.08 Å². The Bertz CT molecular complexity index is 588. The first-order valence-electron chi connectivity index (χ1n) is 11.0. The van der Waals surface area contributed by atoms with E-state index in [1.807, 2.05) is 6.08 Å². The zero-order valence-corrected chi connectivity index (χ0v) is 19.9. The van der Waals surface area contributed by atoms with Gasteiger partial charge in [0.2, 0.25) is 0 Å². The molecule has 1 aliphatic carbocycles. The van der Waals surface area contributed by atoms with Crippen molar-refractivity contribution in [2.45, 2.75) is 103 Å². The summed E-state index contributed by atoms with van der Waals surface area (Å²) in [4.78, 5) is 24.1. The molecule has 2 fully saturated rings. The first kappa shape index (κ1) is 23.3. The molecule has 1 aliphatic heterocycles. The molecule has 160 valence electrons. The van der Waals surface area contributed by atoms with Crippen molar-refractivity contribution in [1.82, 2.24) is 0 Å². The highest BCUT2D eigenvalue weighted by Gasteiger charge is 2.52. The van der Waals surface area contributed by atoms with E-state index in [0.717, 1.165) is 19.3 Å². The minimum atomic E-state index is -1.93. The average molecular weight is 409 g/mol. The Hall–Kier alpha value is -0.943. The van der Waals surface area contributed by atoms with Gasteiger partial charge in [0.1, 0.15) is 6.10 Å². The number of carbonyl (C=O) groups is 2. The Morgan fingerprint density at radius 3 is 2.57 bits per heavy atom. The van der Waals surface area contributed by atoms with Crippen molar-refractivity contribution in [3.8, 4) is 0 Å². The monoisotopic (exact) mass is 408 g/mol. The van der Waals surface area contributed by atoms with Crippen LogP contribution in [0.1, 0.15) is 73.1 Å². The minimum Gasteiger partial charge on any atom is -0.462 e. The summed E-state index contributed by atoms with van der Waals surface area (Å²) >= 11 is 0. The number of hydrogen-bond acceptors (Lipinski definition) is 4. The minimum absolute atomic E-state index is 0.0361. The lowest BCUT2D eigenvalue weighted by Gasteiger charge is -2.39. The van der Waals surface area contributed by atoms with Gasteiger partial charge in [0, 0.05) is 24.7 Å². The second-order valence-corrected chi connectivity index (χ2v) is 15.3. The Morgan fingerprint density at radius 2 is 1.96 bits per heavy atom. The molecular formula is C23H40O4Si. The second kappa shape index (κ2) is 9.25. The van der Waals surface area contributed by atoms with E-state index >= 15 is 0 Å². The first-order valence-corrected chi connectivity index (χ1v) is 13.9. The smallest absolute Gasteiger partial charge is 0.306 e. The molecule has 0 aromatic carbocycles. The van der Waals surface area contributed by atoms with Crippen molar-refractivity contribution in [3.05, 3.63) is 12.2 Å². The molecule has 3 unspecified atom stereocenters. The summed E-state index contributed by atoms with van der Waals surface area (Å²) in [6, 6.07) is 0. The molecular weight excluding hydrogens is 368 g/mol. The molecule has 0 spiro atoms. The van der Waals surface area contributed by atoms with Gasteiger partial charge in [0.15, 0.2) is 14.1 Å². The fourth-order valence-corrected chi connectivity index (χ4v) is 5.36. The third-order valence-corrected chi connectivity index (χ3v) is 11.3. The van der Waals surface area contributed by atoms with Crippen molar-refractivity contribution < 1.29 is 18.8 Å². The van der Waals surface area contributed by atoms with Crippen LogP contribution in [0.25, 0.3) is 0 Å². The summed E-state index contributed by atoms with van der Waals surface area (Å²) in [6.07, 6.45) is 8.77. The fraction of sp³-hybridized carbons (Fsp3) is 0.826. The summed E-state index contributed by atoms with van der Waals surface area (Å²) < 4.78 is 12.2. The molecule has 28 heavy (non-hydrogen) atoms. The fourth-order valence-electron chi connectivity index (χ4n) is 4.00. The van der Waals surface area contributed by atoms with Crippen LogP contribution in [0.3, 0.4) is 0 Å². The van der Waals surface area contributed by atoms with Crippen LogP contribution in [0.15, 0.2) is 12.2 Å². The van der Waals surface area contributed by atoms with Gasteiger partial charge in [0.05, 0.1) is 12.5 Å². The van der Waals surface area contributed by atoms with Crippen LogP contribution in [0.5, 0.6) is 0 Å². The predicted octanol–water partition coefficient (Wildman–Crippen LogP) is 5.67. The molecule has 5 heteroatoms. The number of esters is 1. The lowest BCUT2D eigenvalue weighted by Crippen LogP contribution is -2.45. The normalized spacial score (nSPS) is 28.2. The molecule has 4 atom stereocenters. The standard InChI is InChI=1S/C23H40O4Si/c1-16(2)10-8-9-11-17(24)12-13-18-19-14-22(25)26-20(19)15-21(18)27-28(6,7)23(3,4)5/h12-13,16,18-21H,8-11,14-15H2,1-7H3/b13-12+/t18?,19?,20-,21?/m0/s1. The number of ketones is 1. The molecule has 4 nitrogen and oxygen atoms in total. The highest BCUT2D eigenvalue weighted by Crippen LogP contribution is 2.47. The Labute approximate surface area is 172 Å². The van der Waals surface area contributed by atoms with Crippen LogP contribution in [-0.4, -0.2) is 32.3 Å². The van der Waals surface area contributed by atoms with E-state index in [-0.39, 0.29) is 40.8 Å². The maximum atomic E-state index is 12.3. The van der Waals surface area contributed by atoms with Crippen LogP contribution in [0.2, 0.25) is 18.1 Å². The van der Waals surface area contributed by atoms with Crippen LogP contribution in [0.4, 0.5) is 0 Å². The van der Waals surface area contributed by atoms with Crippen LogP contribution in [0, 0.1) is 17.8 Å². The van der Waals surface area contributed by atoms with E-state index in [2.05, 4.69) is 47.7 Å². The molecule has 2 rings (SSSR count). The second-order valence-electron chi connectivity index (χ2n) is 10.6. The topological polar surface area (TPSA) is 52.6 Å². The summed E-state index contributed by atoms with van der Waals surface area (Å²) in [6.45, 7) is 15.7. The van der Waals surface area contributed by atoms with Gasteiger partial charge < -0.3 is 9.16 Å². The van der Waals surface area contributed by atoms with Gasteiger partial charge in [-0.05, 0) is 36.5 Å². The SMILES string of the molecule is CC(C)CCCCC(=O)/C=C/C1C(O[Si](C)(C)C(C)(C)C)C[C@@H]2OC(=O)CC12. The number of carbonyl (C=O) groups excluding carboxylic acids is 2. The zero-order chi connectivity index (χ0) is 21.1. The van der Waals surface area contributed by atoms with Crippen molar-refractivity contribution in [2.24, 2.45) is 17.8 Å². The van der Waals surface area contributed by atoms with Gasteiger partial charge in [0.25, 0.3) is 0 Å². The van der Waals surface area contributed by atoms with Crippen LogP contribution < -0.4 is 0 Å². The van der Waals surface area contributed by atoms with E-state index in [4.69, 9.17) is 9.16 Å². The summed E-state index contributed by atoms with van der Waals surface area (Å²) in [5.41, 5.74) is 0. The molecule has 0 aromatic heterocycles. The summed E-state index contributed by atoms with van der Waals surface area (Å²) in [5, 5.41) is 0.127. The highest BCUT2D eigenvalue weighted by atomic mass is 28.4. The molecule has 0 radical (unpaired) electrons. The van der Waals surface area contributed by atoms with E-state index < -0.39 is 8.32 Å². The Kier molecular flexibility index (Phi) is 7.71. The Balaban J connectivity index is 2.02. The van der Waals surface area contributed by atoms with Crippen LogP contribution in [-0.2, 0) is 18.8 Å². The molecule has 1 heterocycles. The van der Waals surface area contributed by atoms with Gasteiger partial charge in [-0.3, -0.25) is 9.59 Å². The largest absolute Gasteiger partial charge is 0.462 e. The molecule has 0 amide bonds. The van der Waals surface area contributed by atoms with Gasteiger partial charge in [-0.2, -0.15) is 0 Å². The lowest BCUT2D eigenvalue weighted by molar-refractivity contribution is -0.141. The van der Waals surface area contributed by atoms with E-state index in [1.165, 1.54) is 6.42 Å². The summed E-state index contributed by atoms with van der Waals surface area (Å²) in [7, 11) is -1.93. The first-order chi connectivity index (χ1) is 12.9. The van der Waals surface area contributed by atoms with Crippen molar-refractivity contribution in [2.75, 3.05) is 0 Å². The third-order valence-electron chi connectivity index (χ3n) is 6.76. The Morgan fingerprint density at radius 1 is 1.29 bits per heavy atom. The lowest BCUT2D eigenvalue weighted by atomic mass is 9.91. The number of hydrogen-bond donors (Lipinski definition) is 0.